The average molecular weight is 397 g/mol. The lowest BCUT2D eigenvalue weighted by molar-refractivity contribution is -0.0682. The topological polar surface area (TPSA) is 86.7 Å². The Bertz CT molecular complexity index is 684. The monoisotopic (exact) mass is 397 g/mol. The van der Waals surface area contributed by atoms with E-state index in [1.807, 2.05) is 0 Å². The summed E-state index contributed by atoms with van der Waals surface area (Å²) in [5.74, 6) is 0.845. The number of carbonyl (C=O) groups is 1. The number of hydrogen-bond acceptors (Lipinski definition) is 7. The minimum Gasteiger partial charge on any atom is -0.496 e. The maximum atomic E-state index is 12.9. The summed E-state index contributed by atoms with van der Waals surface area (Å²) in [6, 6.07) is 4.49. The molecule has 1 heterocycles. The third-order valence-corrected chi connectivity index (χ3v) is 4.35. The fraction of sp³-hybridized carbons (Fsp3) is 0.650. The molecule has 1 N–H and O–H groups in total. The number of aliphatic hydroxyl groups is 1. The highest BCUT2D eigenvalue weighted by atomic mass is 16.7. The van der Waals surface area contributed by atoms with Gasteiger partial charge in [-0.05, 0) is 46.8 Å². The molecule has 0 aliphatic carbocycles. The van der Waals surface area contributed by atoms with Crippen LogP contribution in [0.4, 0.5) is 4.79 Å². The molecular formula is C20H31NO7. The first kappa shape index (κ1) is 22.3. The minimum absolute atomic E-state index is 0.00925. The van der Waals surface area contributed by atoms with Crippen LogP contribution in [-0.4, -0.2) is 61.1 Å². The Morgan fingerprint density at radius 1 is 1.32 bits per heavy atom. The normalized spacial score (nSPS) is 20.0. The van der Waals surface area contributed by atoms with Crippen molar-refractivity contribution in [3.8, 4) is 11.5 Å². The molecule has 0 saturated carbocycles. The highest BCUT2D eigenvalue weighted by Crippen LogP contribution is 2.41. The van der Waals surface area contributed by atoms with E-state index in [1.54, 1.807) is 52.8 Å². The van der Waals surface area contributed by atoms with E-state index in [0.717, 1.165) is 0 Å². The summed E-state index contributed by atoms with van der Waals surface area (Å²) in [6.45, 7) is 9.03. The summed E-state index contributed by atoms with van der Waals surface area (Å²) in [6.07, 6.45) is -1.69. The van der Waals surface area contributed by atoms with Crippen molar-refractivity contribution in [3.05, 3.63) is 23.8 Å². The van der Waals surface area contributed by atoms with Crippen molar-refractivity contribution < 1.29 is 33.6 Å². The SMILES string of the molecule is COCOc1cccc(OC)c1C(O)[C@@H]1COC(C)(C)N1C(=O)OC(C)(C)C. The Morgan fingerprint density at radius 2 is 1.96 bits per heavy atom. The van der Waals surface area contributed by atoms with Crippen molar-refractivity contribution in [2.24, 2.45) is 0 Å². The molecule has 0 aromatic heterocycles. The fourth-order valence-electron chi connectivity index (χ4n) is 3.17. The van der Waals surface area contributed by atoms with Crippen LogP contribution in [0.5, 0.6) is 11.5 Å². The number of rotatable bonds is 6. The molecular weight excluding hydrogens is 366 g/mol. The van der Waals surface area contributed by atoms with Crippen LogP contribution in [0.1, 0.15) is 46.3 Å². The van der Waals surface area contributed by atoms with Gasteiger partial charge in [0.2, 0.25) is 0 Å². The van der Waals surface area contributed by atoms with Gasteiger partial charge in [0.1, 0.15) is 28.9 Å². The second-order valence-electron chi connectivity index (χ2n) is 8.04. The summed E-state index contributed by atoms with van der Waals surface area (Å²) in [7, 11) is 3.01. The van der Waals surface area contributed by atoms with E-state index in [-0.39, 0.29) is 13.4 Å². The Hall–Kier alpha value is -2.03. The number of hydrogen-bond donors (Lipinski definition) is 1. The lowest BCUT2D eigenvalue weighted by Gasteiger charge is -2.36. The van der Waals surface area contributed by atoms with Crippen LogP contribution in [-0.2, 0) is 14.2 Å². The predicted octanol–water partition coefficient (Wildman–Crippen LogP) is 3.08. The molecule has 158 valence electrons. The molecule has 1 amide bonds. The summed E-state index contributed by atoms with van der Waals surface area (Å²) >= 11 is 0. The van der Waals surface area contributed by atoms with E-state index >= 15 is 0 Å². The van der Waals surface area contributed by atoms with Crippen LogP contribution >= 0.6 is 0 Å². The zero-order chi connectivity index (χ0) is 21.1. The van der Waals surface area contributed by atoms with Gasteiger partial charge in [0.05, 0.1) is 25.3 Å². The first-order chi connectivity index (χ1) is 13.0. The van der Waals surface area contributed by atoms with Crippen LogP contribution in [0.25, 0.3) is 0 Å². The first-order valence-electron chi connectivity index (χ1n) is 9.15. The van der Waals surface area contributed by atoms with Crippen molar-refractivity contribution in [1.82, 2.24) is 4.90 Å². The van der Waals surface area contributed by atoms with Gasteiger partial charge in [0, 0.05) is 7.11 Å². The molecule has 1 aliphatic heterocycles. The van der Waals surface area contributed by atoms with E-state index in [1.165, 1.54) is 19.1 Å². The van der Waals surface area contributed by atoms with Gasteiger partial charge in [-0.15, -0.1) is 0 Å². The molecule has 8 heteroatoms. The van der Waals surface area contributed by atoms with Gasteiger partial charge in [-0.1, -0.05) is 6.07 Å². The molecule has 2 atom stereocenters. The molecule has 28 heavy (non-hydrogen) atoms. The zero-order valence-electron chi connectivity index (χ0n) is 17.6. The van der Waals surface area contributed by atoms with Crippen molar-refractivity contribution in [2.75, 3.05) is 27.6 Å². The third kappa shape index (κ3) is 4.87. The average Bonchev–Trinajstić information content (AvgIpc) is 2.92. The van der Waals surface area contributed by atoms with Gasteiger partial charge in [-0.25, -0.2) is 4.79 Å². The van der Waals surface area contributed by atoms with Crippen LogP contribution in [0.2, 0.25) is 0 Å². The number of methoxy groups -OCH3 is 2. The standard InChI is InChI=1S/C20H31NO7/c1-19(2,3)28-18(23)21-13(11-27-20(21,4)5)17(22)16-14(25-7)9-8-10-15(16)26-12-24-6/h8-10,13,17,22H,11-12H2,1-7H3/t13-,17?/m0/s1. The molecule has 0 bridgehead atoms. The van der Waals surface area contributed by atoms with Gasteiger partial charge < -0.3 is 28.8 Å². The number of amides is 1. The van der Waals surface area contributed by atoms with Crippen molar-refractivity contribution >= 4 is 6.09 Å². The molecule has 2 rings (SSSR count). The van der Waals surface area contributed by atoms with Crippen molar-refractivity contribution in [3.63, 3.8) is 0 Å². The van der Waals surface area contributed by atoms with Crippen molar-refractivity contribution in [1.29, 1.82) is 0 Å². The fourth-order valence-corrected chi connectivity index (χ4v) is 3.17. The Labute approximate surface area is 166 Å². The maximum absolute atomic E-state index is 12.9. The number of carbonyl (C=O) groups excluding carboxylic acids is 1. The maximum Gasteiger partial charge on any atom is 0.413 e. The van der Waals surface area contributed by atoms with E-state index in [2.05, 4.69) is 0 Å². The lowest BCUT2D eigenvalue weighted by Crippen LogP contribution is -2.51. The van der Waals surface area contributed by atoms with E-state index in [0.29, 0.717) is 17.1 Å². The summed E-state index contributed by atoms with van der Waals surface area (Å²) in [4.78, 5) is 14.3. The van der Waals surface area contributed by atoms with Crippen LogP contribution in [0, 0.1) is 0 Å². The molecule has 1 aromatic carbocycles. The smallest absolute Gasteiger partial charge is 0.413 e. The lowest BCUT2D eigenvalue weighted by atomic mass is 9.99. The number of benzene rings is 1. The summed E-state index contributed by atoms with van der Waals surface area (Å²) in [5.41, 5.74) is -1.20. The predicted molar refractivity (Wildman–Crippen MR) is 102 cm³/mol. The van der Waals surface area contributed by atoms with E-state index < -0.39 is 29.6 Å². The first-order valence-corrected chi connectivity index (χ1v) is 9.15. The molecule has 1 saturated heterocycles. The van der Waals surface area contributed by atoms with E-state index in [9.17, 15) is 9.90 Å². The molecule has 0 spiro atoms. The van der Waals surface area contributed by atoms with Crippen molar-refractivity contribution in [2.45, 2.75) is 58.1 Å². The van der Waals surface area contributed by atoms with Gasteiger partial charge in [-0.3, -0.25) is 4.90 Å². The van der Waals surface area contributed by atoms with Gasteiger partial charge in [-0.2, -0.15) is 0 Å². The highest BCUT2D eigenvalue weighted by molar-refractivity contribution is 5.70. The molecule has 8 nitrogen and oxygen atoms in total. The second-order valence-corrected chi connectivity index (χ2v) is 8.04. The third-order valence-electron chi connectivity index (χ3n) is 4.35. The summed E-state index contributed by atoms with van der Waals surface area (Å²) in [5, 5.41) is 11.2. The number of aliphatic hydroxyl groups excluding tert-OH is 1. The summed E-state index contributed by atoms with van der Waals surface area (Å²) < 4.78 is 27.3. The Kier molecular flexibility index (Phi) is 6.80. The van der Waals surface area contributed by atoms with Gasteiger partial charge in [0.15, 0.2) is 6.79 Å². The molecule has 1 aliphatic rings. The number of ether oxygens (including phenoxy) is 5. The van der Waals surface area contributed by atoms with Crippen LogP contribution < -0.4 is 9.47 Å². The minimum atomic E-state index is -1.13. The quantitative estimate of drug-likeness (QED) is 0.738. The van der Waals surface area contributed by atoms with Crippen LogP contribution in [0.15, 0.2) is 18.2 Å². The largest absolute Gasteiger partial charge is 0.496 e. The highest BCUT2D eigenvalue weighted by Gasteiger charge is 2.49. The Morgan fingerprint density at radius 3 is 2.54 bits per heavy atom. The Balaban J connectivity index is 2.41. The molecule has 1 fully saturated rings. The van der Waals surface area contributed by atoms with Gasteiger partial charge >= 0.3 is 6.09 Å². The van der Waals surface area contributed by atoms with Gasteiger partial charge in [0.25, 0.3) is 0 Å². The molecule has 0 radical (unpaired) electrons. The molecule has 1 aromatic rings. The van der Waals surface area contributed by atoms with Crippen LogP contribution in [0.3, 0.4) is 0 Å². The second kappa shape index (κ2) is 8.55. The molecule has 1 unspecified atom stereocenters. The number of nitrogens with zero attached hydrogens (tertiary/aromatic N) is 1. The zero-order valence-corrected chi connectivity index (χ0v) is 17.6. The van der Waals surface area contributed by atoms with E-state index in [4.69, 9.17) is 23.7 Å².